The Morgan fingerprint density at radius 1 is 1.35 bits per heavy atom. The normalized spacial score (nSPS) is 13.8. The highest BCUT2D eigenvalue weighted by atomic mass is 16.5. The Labute approximate surface area is 115 Å². The number of aromatic nitrogens is 2. The zero-order valence-electron chi connectivity index (χ0n) is 11.0. The van der Waals surface area contributed by atoms with Crippen LogP contribution in [-0.4, -0.2) is 17.3 Å². The van der Waals surface area contributed by atoms with Gasteiger partial charge in [0, 0.05) is 12.0 Å². The molecule has 1 aromatic carbocycles. The van der Waals surface area contributed by atoms with Gasteiger partial charge in [-0.2, -0.15) is 10.2 Å². The van der Waals surface area contributed by atoms with Crippen molar-refractivity contribution in [3.63, 3.8) is 0 Å². The SMILES string of the molecule is COc1cc(C#N)cc(OCc2noc(C3CC3)n2)c1. The van der Waals surface area contributed by atoms with E-state index >= 15 is 0 Å². The largest absolute Gasteiger partial charge is 0.497 e. The van der Waals surface area contributed by atoms with E-state index in [-0.39, 0.29) is 6.61 Å². The summed E-state index contributed by atoms with van der Waals surface area (Å²) < 4.78 is 15.8. The van der Waals surface area contributed by atoms with Gasteiger partial charge in [-0.3, -0.25) is 0 Å². The maximum atomic E-state index is 8.94. The van der Waals surface area contributed by atoms with E-state index in [0.717, 1.165) is 12.8 Å². The molecule has 0 bridgehead atoms. The smallest absolute Gasteiger partial charge is 0.229 e. The van der Waals surface area contributed by atoms with Crippen LogP contribution >= 0.6 is 0 Å². The first-order valence-corrected chi connectivity index (χ1v) is 6.33. The van der Waals surface area contributed by atoms with Crippen LogP contribution in [0.4, 0.5) is 0 Å². The molecule has 1 aliphatic carbocycles. The van der Waals surface area contributed by atoms with Gasteiger partial charge in [0.15, 0.2) is 6.61 Å². The van der Waals surface area contributed by atoms with E-state index in [9.17, 15) is 0 Å². The Balaban J connectivity index is 1.69. The van der Waals surface area contributed by atoms with Crippen molar-refractivity contribution < 1.29 is 14.0 Å². The summed E-state index contributed by atoms with van der Waals surface area (Å²) in [6.45, 7) is 0.203. The Morgan fingerprint density at radius 3 is 2.85 bits per heavy atom. The van der Waals surface area contributed by atoms with Crippen LogP contribution in [0, 0.1) is 11.3 Å². The minimum Gasteiger partial charge on any atom is -0.497 e. The summed E-state index contributed by atoms with van der Waals surface area (Å²) >= 11 is 0. The first-order chi connectivity index (χ1) is 9.78. The first-order valence-electron chi connectivity index (χ1n) is 6.33. The molecule has 0 saturated heterocycles. The van der Waals surface area contributed by atoms with Gasteiger partial charge in [-0.25, -0.2) is 0 Å². The Hall–Kier alpha value is -2.55. The van der Waals surface area contributed by atoms with E-state index in [2.05, 4.69) is 16.2 Å². The van der Waals surface area contributed by atoms with Crippen LogP contribution in [0.3, 0.4) is 0 Å². The van der Waals surface area contributed by atoms with Crippen LogP contribution in [-0.2, 0) is 6.61 Å². The van der Waals surface area contributed by atoms with Crippen molar-refractivity contribution in [1.29, 1.82) is 5.26 Å². The lowest BCUT2D eigenvalue weighted by Gasteiger charge is -2.06. The third-order valence-electron chi connectivity index (χ3n) is 3.02. The third kappa shape index (κ3) is 2.72. The van der Waals surface area contributed by atoms with Gasteiger partial charge in [0.25, 0.3) is 0 Å². The van der Waals surface area contributed by atoms with Crippen LogP contribution in [0.15, 0.2) is 22.7 Å². The molecule has 2 aromatic rings. The van der Waals surface area contributed by atoms with E-state index in [1.54, 1.807) is 25.3 Å². The van der Waals surface area contributed by atoms with Crippen molar-refractivity contribution >= 4 is 0 Å². The van der Waals surface area contributed by atoms with Gasteiger partial charge in [0.1, 0.15) is 11.5 Å². The molecule has 1 fully saturated rings. The minimum atomic E-state index is 0.203. The fraction of sp³-hybridized carbons (Fsp3) is 0.357. The summed E-state index contributed by atoms with van der Waals surface area (Å²) in [4.78, 5) is 4.27. The molecule has 1 saturated carbocycles. The van der Waals surface area contributed by atoms with E-state index in [4.69, 9.17) is 19.3 Å². The molecule has 6 nitrogen and oxygen atoms in total. The van der Waals surface area contributed by atoms with Gasteiger partial charge in [-0.1, -0.05) is 5.16 Å². The van der Waals surface area contributed by atoms with Gasteiger partial charge in [-0.15, -0.1) is 0 Å². The number of hydrogen-bond acceptors (Lipinski definition) is 6. The van der Waals surface area contributed by atoms with E-state index < -0.39 is 0 Å². The van der Waals surface area contributed by atoms with Crippen LogP contribution in [0.5, 0.6) is 11.5 Å². The minimum absolute atomic E-state index is 0.203. The average Bonchev–Trinajstić information content (AvgIpc) is 3.23. The molecule has 1 heterocycles. The highest BCUT2D eigenvalue weighted by Crippen LogP contribution is 2.38. The molecule has 0 unspecified atom stereocenters. The quantitative estimate of drug-likeness (QED) is 0.830. The molecular weight excluding hydrogens is 258 g/mol. The van der Waals surface area contributed by atoms with Crippen LogP contribution in [0.2, 0.25) is 0 Å². The van der Waals surface area contributed by atoms with Crippen molar-refractivity contribution in [3.8, 4) is 17.6 Å². The zero-order valence-corrected chi connectivity index (χ0v) is 11.0. The van der Waals surface area contributed by atoms with E-state index in [1.807, 2.05) is 0 Å². The lowest BCUT2D eigenvalue weighted by atomic mass is 10.2. The van der Waals surface area contributed by atoms with Gasteiger partial charge in [-0.05, 0) is 25.0 Å². The number of hydrogen-bond donors (Lipinski definition) is 0. The summed E-state index contributed by atoms with van der Waals surface area (Å²) in [5.74, 6) is 2.74. The van der Waals surface area contributed by atoms with Gasteiger partial charge >= 0.3 is 0 Å². The molecule has 0 aliphatic heterocycles. The molecule has 0 atom stereocenters. The molecule has 3 rings (SSSR count). The zero-order chi connectivity index (χ0) is 13.9. The highest BCUT2D eigenvalue weighted by molar-refractivity contribution is 5.43. The second kappa shape index (κ2) is 5.21. The highest BCUT2D eigenvalue weighted by Gasteiger charge is 2.29. The monoisotopic (exact) mass is 271 g/mol. The fourth-order valence-corrected chi connectivity index (χ4v) is 1.81. The first kappa shape index (κ1) is 12.5. The van der Waals surface area contributed by atoms with E-state index in [1.165, 1.54) is 0 Å². The Bertz CT molecular complexity index is 656. The molecule has 0 radical (unpaired) electrons. The van der Waals surface area contributed by atoms with Gasteiger partial charge in [0.05, 0.1) is 18.7 Å². The average molecular weight is 271 g/mol. The molecule has 0 N–H and O–H groups in total. The predicted octanol–water partition coefficient (Wildman–Crippen LogP) is 2.41. The number of rotatable bonds is 5. The fourth-order valence-electron chi connectivity index (χ4n) is 1.81. The molecule has 1 aromatic heterocycles. The standard InChI is InChI=1S/C14H13N3O3/c1-18-11-4-9(7-15)5-12(6-11)19-8-13-16-14(20-17-13)10-2-3-10/h4-6,10H,2-3,8H2,1H3. The number of benzene rings is 1. The van der Waals surface area contributed by atoms with Crippen LogP contribution in [0.25, 0.3) is 0 Å². The molecule has 0 spiro atoms. The lowest BCUT2D eigenvalue weighted by molar-refractivity contribution is 0.283. The van der Waals surface area contributed by atoms with Gasteiger partial charge < -0.3 is 14.0 Å². The third-order valence-corrected chi connectivity index (χ3v) is 3.02. The maximum absolute atomic E-state index is 8.94. The van der Waals surface area contributed by atoms with Crippen molar-refractivity contribution in [3.05, 3.63) is 35.5 Å². The second-order valence-electron chi connectivity index (χ2n) is 4.62. The lowest BCUT2D eigenvalue weighted by Crippen LogP contribution is -1.98. The van der Waals surface area contributed by atoms with E-state index in [0.29, 0.717) is 34.7 Å². The maximum Gasteiger partial charge on any atom is 0.229 e. The summed E-state index contributed by atoms with van der Waals surface area (Å²) in [5.41, 5.74) is 0.478. The van der Waals surface area contributed by atoms with Crippen molar-refractivity contribution in [2.75, 3.05) is 7.11 Å². The molecular formula is C14H13N3O3. The Kier molecular flexibility index (Phi) is 3.25. The molecule has 0 amide bonds. The number of methoxy groups -OCH3 is 1. The van der Waals surface area contributed by atoms with Crippen molar-refractivity contribution in [2.24, 2.45) is 0 Å². The second-order valence-corrected chi connectivity index (χ2v) is 4.62. The predicted molar refractivity (Wildman–Crippen MR) is 68.3 cm³/mol. The van der Waals surface area contributed by atoms with Crippen LogP contribution < -0.4 is 9.47 Å². The Morgan fingerprint density at radius 2 is 2.15 bits per heavy atom. The summed E-state index contributed by atoms with van der Waals surface area (Å²) in [7, 11) is 1.54. The molecule has 6 heteroatoms. The number of nitrogens with zero attached hydrogens (tertiary/aromatic N) is 3. The molecule has 1 aliphatic rings. The summed E-state index contributed by atoms with van der Waals surface area (Å²) in [5, 5.41) is 12.8. The van der Waals surface area contributed by atoms with Gasteiger partial charge in [0.2, 0.25) is 11.7 Å². The summed E-state index contributed by atoms with van der Waals surface area (Å²) in [6.07, 6.45) is 2.23. The van der Waals surface area contributed by atoms with Crippen LogP contribution in [0.1, 0.15) is 36.0 Å². The summed E-state index contributed by atoms with van der Waals surface area (Å²) in [6, 6.07) is 7.06. The topological polar surface area (TPSA) is 81.2 Å². The number of ether oxygens (including phenoxy) is 2. The van der Waals surface area contributed by atoms with Crippen molar-refractivity contribution in [1.82, 2.24) is 10.1 Å². The molecule has 102 valence electrons. The molecule has 20 heavy (non-hydrogen) atoms. The number of nitriles is 1. The van der Waals surface area contributed by atoms with Crippen molar-refractivity contribution in [2.45, 2.75) is 25.4 Å².